The fraction of sp³-hybridized carbons (Fsp3) is 0.308. The Kier molecular flexibility index (Phi) is 4.49. The second-order valence-electron chi connectivity index (χ2n) is 4.00. The van der Waals surface area contributed by atoms with Gasteiger partial charge < -0.3 is 10.1 Å². The van der Waals surface area contributed by atoms with Gasteiger partial charge in [-0.2, -0.15) is 5.10 Å². The first-order valence-corrected chi connectivity index (χ1v) is 6.01. The van der Waals surface area contributed by atoms with Gasteiger partial charge >= 0.3 is 0 Å². The zero-order valence-electron chi connectivity index (χ0n) is 10.7. The van der Waals surface area contributed by atoms with E-state index in [1.165, 1.54) is 0 Å². The molecule has 100 valence electrons. The molecule has 0 bridgehead atoms. The van der Waals surface area contributed by atoms with Gasteiger partial charge in [-0.15, -0.1) is 0 Å². The molecule has 0 saturated carbocycles. The molecule has 0 unspecified atom stereocenters. The first kappa shape index (κ1) is 13.1. The Balaban J connectivity index is 1.76. The molecule has 0 fully saturated rings. The SMILES string of the molecule is COc1cc(CNC(=O)CCn2cccn2)ccn1. The molecule has 0 aliphatic rings. The van der Waals surface area contributed by atoms with Crippen LogP contribution in [0.1, 0.15) is 12.0 Å². The Morgan fingerprint density at radius 1 is 1.47 bits per heavy atom. The van der Waals surface area contributed by atoms with Crippen molar-refractivity contribution in [3.05, 3.63) is 42.4 Å². The molecule has 0 saturated heterocycles. The number of hydrogen-bond donors (Lipinski definition) is 1. The predicted molar refractivity (Wildman–Crippen MR) is 69.5 cm³/mol. The second-order valence-corrected chi connectivity index (χ2v) is 4.00. The number of nitrogens with zero attached hydrogens (tertiary/aromatic N) is 3. The lowest BCUT2D eigenvalue weighted by molar-refractivity contribution is -0.121. The number of amides is 1. The molecule has 0 aliphatic carbocycles. The summed E-state index contributed by atoms with van der Waals surface area (Å²) in [6.45, 7) is 1.05. The highest BCUT2D eigenvalue weighted by Crippen LogP contribution is 2.08. The Bertz CT molecular complexity index is 525. The number of rotatable bonds is 6. The predicted octanol–water partition coefficient (Wildman–Crippen LogP) is 0.993. The van der Waals surface area contributed by atoms with E-state index in [9.17, 15) is 4.79 Å². The van der Waals surface area contributed by atoms with Gasteiger partial charge in [-0.3, -0.25) is 9.48 Å². The van der Waals surface area contributed by atoms with Crippen molar-refractivity contribution in [2.24, 2.45) is 0 Å². The number of carbonyl (C=O) groups is 1. The summed E-state index contributed by atoms with van der Waals surface area (Å²) in [6, 6.07) is 5.48. The van der Waals surface area contributed by atoms with Crippen LogP contribution in [0.3, 0.4) is 0 Å². The van der Waals surface area contributed by atoms with Crippen molar-refractivity contribution in [1.82, 2.24) is 20.1 Å². The quantitative estimate of drug-likeness (QED) is 0.841. The summed E-state index contributed by atoms with van der Waals surface area (Å²) in [5.41, 5.74) is 0.958. The maximum Gasteiger partial charge on any atom is 0.222 e. The van der Waals surface area contributed by atoms with Crippen molar-refractivity contribution in [3.8, 4) is 5.88 Å². The number of pyridine rings is 1. The fourth-order valence-corrected chi connectivity index (χ4v) is 1.61. The number of hydrogen-bond acceptors (Lipinski definition) is 4. The molecule has 0 aliphatic heterocycles. The molecule has 1 amide bonds. The third-order valence-electron chi connectivity index (χ3n) is 2.63. The highest BCUT2D eigenvalue weighted by Gasteiger charge is 2.03. The summed E-state index contributed by atoms with van der Waals surface area (Å²) in [4.78, 5) is 15.7. The lowest BCUT2D eigenvalue weighted by atomic mass is 10.2. The summed E-state index contributed by atoms with van der Waals surface area (Å²) >= 11 is 0. The maximum atomic E-state index is 11.7. The molecule has 1 N–H and O–H groups in total. The van der Waals surface area contributed by atoms with Crippen LogP contribution in [0.2, 0.25) is 0 Å². The van der Waals surface area contributed by atoms with Crippen molar-refractivity contribution in [3.63, 3.8) is 0 Å². The monoisotopic (exact) mass is 260 g/mol. The smallest absolute Gasteiger partial charge is 0.222 e. The van der Waals surface area contributed by atoms with Gasteiger partial charge in [0, 0.05) is 44.2 Å². The van der Waals surface area contributed by atoms with Gasteiger partial charge in [0.05, 0.1) is 7.11 Å². The fourth-order valence-electron chi connectivity index (χ4n) is 1.61. The molecule has 0 spiro atoms. The van der Waals surface area contributed by atoms with Crippen LogP contribution >= 0.6 is 0 Å². The first-order valence-electron chi connectivity index (χ1n) is 6.01. The van der Waals surface area contributed by atoms with Crippen LogP contribution in [0.4, 0.5) is 0 Å². The van der Waals surface area contributed by atoms with Crippen LogP contribution in [-0.2, 0) is 17.9 Å². The molecule has 2 aromatic heterocycles. The first-order chi connectivity index (χ1) is 9.28. The number of aromatic nitrogens is 3. The van der Waals surface area contributed by atoms with Gasteiger partial charge in [-0.05, 0) is 17.7 Å². The standard InChI is InChI=1S/C13H16N4O2/c1-19-13-9-11(3-6-14-13)10-15-12(18)4-8-17-7-2-5-16-17/h2-3,5-7,9H,4,8,10H2,1H3,(H,15,18). The van der Waals surface area contributed by atoms with E-state index in [1.807, 2.05) is 18.3 Å². The third kappa shape index (κ3) is 4.09. The van der Waals surface area contributed by atoms with Gasteiger partial charge in [-0.1, -0.05) is 0 Å². The molecular weight excluding hydrogens is 244 g/mol. The van der Waals surface area contributed by atoms with Crippen LogP contribution in [0.5, 0.6) is 5.88 Å². The molecule has 6 nitrogen and oxygen atoms in total. The second kappa shape index (κ2) is 6.53. The van der Waals surface area contributed by atoms with Crippen LogP contribution in [-0.4, -0.2) is 27.8 Å². The molecule has 6 heteroatoms. The molecule has 0 radical (unpaired) electrons. The van der Waals surface area contributed by atoms with Crippen molar-refractivity contribution in [2.75, 3.05) is 7.11 Å². The summed E-state index contributed by atoms with van der Waals surface area (Å²) in [5.74, 6) is 0.537. The Morgan fingerprint density at radius 2 is 2.37 bits per heavy atom. The van der Waals surface area contributed by atoms with Crippen molar-refractivity contribution >= 4 is 5.91 Å². The summed E-state index contributed by atoms with van der Waals surface area (Å²) in [5, 5.41) is 6.89. The Labute approximate surface area is 111 Å². The lowest BCUT2D eigenvalue weighted by Crippen LogP contribution is -2.24. The lowest BCUT2D eigenvalue weighted by Gasteiger charge is -2.06. The van der Waals surface area contributed by atoms with Crippen molar-refractivity contribution in [2.45, 2.75) is 19.5 Å². The minimum Gasteiger partial charge on any atom is -0.481 e. The summed E-state index contributed by atoms with van der Waals surface area (Å²) in [6.07, 6.45) is 5.59. The Hall–Kier alpha value is -2.37. The molecule has 2 heterocycles. The van der Waals surface area contributed by atoms with Crippen LogP contribution in [0.15, 0.2) is 36.8 Å². The van der Waals surface area contributed by atoms with Crippen molar-refractivity contribution < 1.29 is 9.53 Å². The highest BCUT2D eigenvalue weighted by molar-refractivity contribution is 5.75. The minimum absolute atomic E-state index is 0.00807. The van der Waals surface area contributed by atoms with Gasteiger partial charge in [0.1, 0.15) is 0 Å². The van der Waals surface area contributed by atoms with E-state index in [-0.39, 0.29) is 5.91 Å². The van der Waals surface area contributed by atoms with E-state index in [0.717, 1.165) is 5.56 Å². The average molecular weight is 260 g/mol. The number of nitrogens with one attached hydrogen (secondary N) is 1. The minimum atomic E-state index is -0.00807. The van der Waals surface area contributed by atoms with Crippen LogP contribution in [0, 0.1) is 0 Å². The summed E-state index contributed by atoms with van der Waals surface area (Å²) < 4.78 is 6.75. The molecule has 0 atom stereocenters. The zero-order valence-corrected chi connectivity index (χ0v) is 10.7. The highest BCUT2D eigenvalue weighted by atomic mass is 16.5. The third-order valence-corrected chi connectivity index (χ3v) is 2.63. The van der Waals surface area contributed by atoms with E-state index in [0.29, 0.717) is 25.4 Å². The van der Waals surface area contributed by atoms with E-state index >= 15 is 0 Å². The molecule has 2 rings (SSSR count). The average Bonchev–Trinajstić information content (AvgIpc) is 2.96. The summed E-state index contributed by atoms with van der Waals surface area (Å²) in [7, 11) is 1.56. The molecule has 0 aromatic carbocycles. The molecule has 19 heavy (non-hydrogen) atoms. The number of carbonyl (C=O) groups excluding carboxylic acids is 1. The van der Waals surface area contributed by atoms with E-state index in [2.05, 4.69) is 15.4 Å². The van der Waals surface area contributed by atoms with Gasteiger partial charge in [0.2, 0.25) is 11.8 Å². The van der Waals surface area contributed by atoms with Crippen LogP contribution in [0.25, 0.3) is 0 Å². The van der Waals surface area contributed by atoms with E-state index in [1.54, 1.807) is 30.3 Å². The molecule has 2 aromatic rings. The van der Waals surface area contributed by atoms with E-state index in [4.69, 9.17) is 4.74 Å². The van der Waals surface area contributed by atoms with Gasteiger partial charge in [-0.25, -0.2) is 4.98 Å². The molecular formula is C13H16N4O2. The topological polar surface area (TPSA) is 69.0 Å². The van der Waals surface area contributed by atoms with Crippen LogP contribution < -0.4 is 10.1 Å². The number of aryl methyl sites for hydroxylation is 1. The van der Waals surface area contributed by atoms with Gasteiger partial charge in [0.25, 0.3) is 0 Å². The zero-order chi connectivity index (χ0) is 13.5. The Morgan fingerprint density at radius 3 is 3.11 bits per heavy atom. The van der Waals surface area contributed by atoms with Gasteiger partial charge in [0.15, 0.2) is 0 Å². The van der Waals surface area contributed by atoms with Crippen molar-refractivity contribution in [1.29, 1.82) is 0 Å². The van der Waals surface area contributed by atoms with E-state index < -0.39 is 0 Å². The normalized spacial score (nSPS) is 10.2. The largest absolute Gasteiger partial charge is 0.481 e. The maximum absolute atomic E-state index is 11.7. The number of ether oxygens (including phenoxy) is 1. The number of methoxy groups -OCH3 is 1.